The molecule has 1 unspecified atom stereocenters. The zero-order valence-corrected chi connectivity index (χ0v) is 24.8. The molecular weight excluding hydrogens is 534 g/mol. The van der Waals surface area contributed by atoms with Crippen LogP contribution in [0.2, 0.25) is 0 Å². The number of nitrogens with one attached hydrogen (secondary N) is 1. The zero-order valence-electron chi connectivity index (χ0n) is 24.8. The normalized spacial score (nSPS) is 12.1. The number of aliphatic hydroxyl groups is 1. The molecule has 9 heteroatoms. The van der Waals surface area contributed by atoms with Crippen molar-refractivity contribution in [2.24, 2.45) is 0 Å². The number of hydrogen-bond acceptors (Lipinski definition) is 7. The number of hydrogen-bond donors (Lipinski definition) is 2. The molecule has 0 aliphatic carbocycles. The molecule has 1 amide bonds. The molecule has 3 aromatic rings. The van der Waals surface area contributed by atoms with Crippen molar-refractivity contribution in [1.29, 1.82) is 0 Å². The highest BCUT2D eigenvalue weighted by molar-refractivity contribution is 5.67. The van der Waals surface area contributed by atoms with Crippen LogP contribution in [-0.4, -0.2) is 46.3 Å². The number of nitrogens with zero attached hydrogens (tertiary/aromatic N) is 2. The summed E-state index contributed by atoms with van der Waals surface area (Å²) < 4.78 is 11.0. The lowest BCUT2D eigenvalue weighted by Gasteiger charge is -2.25. The Morgan fingerprint density at radius 2 is 1.60 bits per heavy atom. The summed E-state index contributed by atoms with van der Waals surface area (Å²) in [6, 6.07) is 24.2. The number of rotatable bonds is 16. The van der Waals surface area contributed by atoms with Crippen LogP contribution in [0.3, 0.4) is 0 Å². The van der Waals surface area contributed by atoms with Crippen LogP contribution in [0, 0.1) is 10.1 Å². The number of unbranched alkanes of at least 4 members (excludes halogenated alkanes) is 3. The number of alkyl carbamates (subject to hydrolysis) is 1. The standard InChI is InChI=1S/C33H43N3O6/c1-33(2,3)42-32(38)34-20-12-4-5-13-21-35(23-26-14-8-6-9-15-26)24-30(37)28-18-19-31(29(22-28)36(39)40)41-25-27-16-10-7-11-17-27/h6-11,14-19,22,30,37H,4-5,12-13,20-21,23-25H2,1-3H3,(H,34,38). The van der Waals surface area contributed by atoms with E-state index in [9.17, 15) is 20.0 Å². The van der Waals surface area contributed by atoms with Crippen molar-refractivity contribution in [2.45, 2.75) is 71.3 Å². The van der Waals surface area contributed by atoms with Crippen molar-refractivity contribution < 1.29 is 24.3 Å². The molecule has 9 nitrogen and oxygen atoms in total. The van der Waals surface area contributed by atoms with Crippen LogP contribution in [0.5, 0.6) is 5.75 Å². The number of carbonyl (C=O) groups excluding carboxylic acids is 1. The van der Waals surface area contributed by atoms with E-state index in [0.717, 1.165) is 43.4 Å². The molecule has 0 spiro atoms. The molecule has 0 aliphatic rings. The molecular formula is C33H43N3O6. The maximum Gasteiger partial charge on any atom is 0.407 e. The van der Waals surface area contributed by atoms with Gasteiger partial charge in [0, 0.05) is 25.7 Å². The highest BCUT2D eigenvalue weighted by Gasteiger charge is 2.21. The van der Waals surface area contributed by atoms with E-state index in [1.54, 1.807) is 12.1 Å². The second kappa shape index (κ2) is 16.5. The van der Waals surface area contributed by atoms with Gasteiger partial charge >= 0.3 is 11.8 Å². The van der Waals surface area contributed by atoms with Gasteiger partial charge in [-0.3, -0.25) is 15.0 Å². The quantitative estimate of drug-likeness (QED) is 0.109. The van der Waals surface area contributed by atoms with Crippen LogP contribution in [0.25, 0.3) is 0 Å². The van der Waals surface area contributed by atoms with Gasteiger partial charge in [-0.2, -0.15) is 0 Å². The third-order valence-electron chi connectivity index (χ3n) is 6.55. The number of ether oxygens (including phenoxy) is 2. The van der Waals surface area contributed by atoms with Crippen LogP contribution in [0.4, 0.5) is 10.5 Å². The summed E-state index contributed by atoms with van der Waals surface area (Å²) in [5.41, 5.74) is 1.82. The first kappa shape index (κ1) is 32.6. The molecule has 2 N–H and O–H groups in total. The fourth-order valence-corrected chi connectivity index (χ4v) is 4.49. The molecule has 226 valence electrons. The van der Waals surface area contributed by atoms with Gasteiger partial charge in [0.25, 0.3) is 0 Å². The minimum Gasteiger partial charge on any atom is -0.482 e. The van der Waals surface area contributed by atoms with Crippen LogP contribution in [0.15, 0.2) is 78.9 Å². The summed E-state index contributed by atoms with van der Waals surface area (Å²) in [4.78, 5) is 25.3. The van der Waals surface area contributed by atoms with Crippen molar-refractivity contribution in [3.05, 3.63) is 106 Å². The minimum absolute atomic E-state index is 0.169. The molecule has 0 aromatic heterocycles. The van der Waals surface area contributed by atoms with E-state index in [1.165, 1.54) is 6.07 Å². The lowest BCUT2D eigenvalue weighted by Crippen LogP contribution is -2.33. The van der Waals surface area contributed by atoms with E-state index < -0.39 is 22.7 Å². The number of aliphatic hydroxyl groups excluding tert-OH is 1. The number of carbonyl (C=O) groups is 1. The SMILES string of the molecule is CC(C)(C)OC(=O)NCCCCCCN(Cc1ccccc1)CC(O)c1ccc(OCc2ccccc2)c([N+](=O)[O-])c1. The van der Waals surface area contributed by atoms with Crippen LogP contribution >= 0.6 is 0 Å². The molecule has 0 radical (unpaired) electrons. The van der Waals surface area contributed by atoms with Gasteiger partial charge in [0.1, 0.15) is 12.2 Å². The van der Waals surface area contributed by atoms with Crippen molar-refractivity contribution in [1.82, 2.24) is 10.2 Å². The predicted molar refractivity (Wildman–Crippen MR) is 163 cm³/mol. The first-order valence-electron chi connectivity index (χ1n) is 14.5. The van der Waals surface area contributed by atoms with Crippen LogP contribution in [0.1, 0.15) is 69.2 Å². The van der Waals surface area contributed by atoms with E-state index in [4.69, 9.17) is 9.47 Å². The smallest absolute Gasteiger partial charge is 0.407 e. The number of nitro benzene ring substituents is 1. The van der Waals surface area contributed by atoms with Gasteiger partial charge in [0.05, 0.1) is 11.0 Å². The van der Waals surface area contributed by atoms with Crippen LogP contribution in [-0.2, 0) is 17.9 Å². The van der Waals surface area contributed by atoms with Gasteiger partial charge in [-0.15, -0.1) is 0 Å². The lowest BCUT2D eigenvalue weighted by atomic mass is 10.1. The van der Waals surface area contributed by atoms with E-state index in [1.807, 2.05) is 81.4 Å². The van der Waals surface area contributed by atoms with Crippen molar-refractivity contribution >= 4 is 11.8 Å². The summed E-state index contributed by atoms with van der Waals surface area (Å²) in [6.07, 6.45) is 2.38. The third kappa shape index (κ3) is 11.9. The lowest BCUT2D eigenvalue weighted by molar-refractivity contribution is -0.386. The molecule has 0 aliphatic heterocycles. The van der Waals surface area contributed by atoms with E-state index in [-0.39, 0.29) is 18.0 Å². The predicted octanol–water partition coefficient (Wildman–Crippen LogP) is 6.79. The first-order chi connectivity index (χ1) is 20.1. The molecule has 0 saturated carbocycles. The molecule has 3 rings (SSSR count). The van der Waals surface area contributed by atoms with Gasteiger partial charge < -0.3 is 19.9 Å². The van der Waals surface area contributed by atoms with Gasteiger partial charge in [0.2, 0.25) is 0 Å². The summed E-state index contributed by atoms with van der Waals surface area (Å²) in [7, 11) is 0. The van der Waals surface area contributed by atoms with Gasteiger partial charge in [-0.05, 0) is 62.9 Å². The first-order valence-corrected chi connectivity index (χ1v) is 14.5. The van der Waals surface area contributed by atoms with E-state index >= 15 is 0 Å². The molecule has 1 atom stereocenters. The fraction of sp³-hybridized carbons (Fsp3) is 0.424. The van der Waals surface area contributed by atoms with Crippen molar-refractivity contribution in [2.75, 3.05) is 19.6 Å². The Balaban J connectivity index is 1.55. The average Bonchev–Trinajstić information content (AvgIpc) is 2.95. The van der Waals surface area contributed by atoms with Gasteiger partial charge in [-0.25, -0.2) is 4.79 Å². The summed E-state index contributed by atoms with van der Waals surface area (Å²) >= 11 is 0. The third-order valence-corrected chi connectivity index (χ3v) is 6.55. The highest BCUT2D eigenvalue weighted by Crippen LogP contribution is 2.31. The Labute approximate surface area is 248 Å². The molecule has 0 heterocycles. The average molecular weight is 578 g/mol. The Bertz CT molecular complexity index is 1250. The van der Waals surface area contributed by atoms with E-state index in [2.05, 4.69) is 10.2 Å². The Morgan fingerprint density at radius 3 is 2.24 bits per heavy atom. The molecule has 0 bridgehead atoms. The second-order valence-corrected chi connectivity index (χ2v) is 11.3. The maximum absolute atomic E-state index is 11.8. The molecule has 0 saturated heterocycles. The minimum atomic E-state index is -0.909. The topological polar surface area (TPSA) is 114 Å². The van der Waals surface area contributed by atoms with Crippen molar-refractivity contribution in [3.8, 4) is 5.75 Å². The largest absolute Gasteiger partial charge is 0.482 e. The highest BCUT2D eigenvalue weighted by atomic mass is 16.6. The van der Waals surface area contributed by atoms with E-state index in [0.29, 0.717) is 25.2 Å². The molecule has 42 heavy (non-hydrogen) atoms. The number of nitro groups is 1. The molecule has 0 fully saturated rings. The Kier molecular flexibility index (Phi) is 12.8. The molecule has 3 aromatic carbocycles. The maximum atomic E-state index is 11.8. The Morgan fingerprint density at radius 1 is 0.952 bits per heavy atom. The number of benzene rings is 3. The number of amides is 1. The van der Waals surface area contributed by atoms with Crippen molar-refractivity contribution in [3.63, 3.8) is 0 Å². The second-order valence-electron chi connectivity index (χ2n) is 11.3. The van der Waals surface area contributed by atoms with Gasteiger partial charge in [-0.1, -0.05) is 79.6 Å². The summed E-state index contributed by atoms with van der Waals surface area (Å²) in [5.74, 6) is 0.169. The van der Waals surface area contributed by atoms with Gasteiger partial charge in [0.15, 0.2) is 5.75 Å². The zero-order chi connectivity index (χ0) is 30.4. The van der Waals surface area contributed by atoms with Crippen LogP contribution < -0.4 is 10.1 Å². The summed E-state index contributed by atoms with van der Waals surface area (Å²) in [6.45, 7) is 8.02. The monoisotopic (exact) mass is 577 g/mol. The summed E-state index contributed by atoms with van der Waals surface area (Å²) in [5, 5.41) is 25.7. The fourth-order valence-electron chi connectivity index (χ4n) is 4.49. The Hall–Kier alpha value is -3.95.